The van der Waals surface area contributed by atoms with Crippen molar-refractivity contribution < 1.29 is 28.6 Å². The average Bonchev–Trinajstić information content (AvgIpc) is 3.29. The van der Waals surface area contributed by atoms with Crippen molar-refractivity contribution in [3.63, 3.8) is 0 Å². The topological polar surface area (TPSA) is 110 Å². The zero-order valence-corrected chi connectivity index (χ0v) is 18.3. The smallest absolute Gasteiger partial charge is 0.294 e. The number of benzene rings is 1. The van der Waals surface area contributed by atoms with Gasteiger partial charge in [0.1, 0.15) is 11.5 Å². The molecule has 0 bridgehead atoms. The molecule has 170 valence electrons. The van der Waals surface area contributed by atoms with Gasteiger partial charge >= 0.3 is 0 Å². The summed E-state index contributed by atoms with van der Waals surface area (Å²) >= 11 is 12.3. The maximum absolute atomic E-state index is 13.4. The molecule has 0 saturated carbocycles. The van der Waals surface area contributed by atoms with Gasteiger partial charge in [-0.05, 0) is 37.5 Å². The molecular formula is C21H20Cl2FN3O5. The van der Waals surface area contributed by atoms with Crippen molar-refractivity contribution in [3.05, 3.63) is 51.0 Å². The highest BCUT2D eigenvalue weighted by Gasteiger charge is 2.35. The number of carbonyl (C=O) groups is 3. The maximum Gasteiger partial charge on any atom is 0.294 e. The Kier molecular flexibility index (Phi) is 6.52. The Hall–Kier alpha value is -2.46. The second kappa shape index (κ2) is 9.19. The Morgan fingerprint density at radius 2 is 1.97 bits per heavy atom. The van der Waals surface area contributed by atoms with Crippen LogP contribution in [0.2, 0.25) is 10.0 Å². The van der Waals surface area contributed by atoms with Crippen molar-refractivity contribution in [2.75, 3.05) is 18.5 Å². The summed E-state index contributed by atoms with van der Waals surface area (Å²) in [6.07, 6.45) is 1.13. The number of Topliss-reactive ketones (excluding diaryl/α,β-unsaturated/α-hetero) is 1. The van der Waals surface area contributed by atoms with Crippen LogP contribution in [0.1, 0.15) is 39.4 Å². The van der Waals surface area contributed by atoms with Crippen LogP contribution in [0.3, 0.4) is 0 Å². The van der Waals surface area contributed by atoms with Crippen LogP contribution in [0.25, 0.3) is 0 Å². The number of amides is 2. The first-order chi connectivity index (χ1) is 15.3. The third-order valence-corrected chi connectivity index (χ3v) is 6.21. The number of carbonyl (C=O) groups excluding carboxylic acids is 3. The molecule has 1 aromatic heterocycles. The number of ether oxygens (including phenoxy) is 1. The van der Waals surface area contributed by atoms with Crippen molar-refractivity contribution in [1.29, 1.82) is 0 Å². The molecule has 2 aliphatic rings. The average molecular weight is 484 g/mol. The monoisotopic (exact) mass is 483 g/mol. The second-order valence-electron chi connectivity index (χ2n) is 7.69. The van der Waals surface area contributed by atoms with E-state index in [-0.39, 0.29) is 40.2 Å². The number of hydrogen-bond acceptors (Lipinski definition) is 5. The van der Waals surface area contributed by atoms with Crippen LogP contribution < -0.4 is 10.6 Å². The van der Waals surface area contributed by atoms with Crippen molar-refractivity contribution in [2.24, 2.45) is 0 Å². The van der Waals surface area contributed by atoms with Crippen molar-refractivity contribution >= 4 is 46.5 Å². The van der Waals surface area contributed by atoms with Crippen LogP contribution in [0, 0.1) is 5.82 Å². The Balaban J connectivity index is 1.64. The van der Waals surface area contributed by atoms with Gasteiger partial charge in [0.25, 0.3) is 17.6 Å². The van der Waals surface area contributed by atoms with Gasteiger partial charge in [-0.2, -0.15) is 0 Å². The van der Waals surface area contributed by atoms with E-state index in [9.17, 15) is 23.9 Å². The van der Waals surface area contributed by atoms with Crippen LogP contribution in [-0.4, -0.2) is 52.6 Å². The Morgan fingerprint density at radius 3 is 2.66 bits per heavy atom. The number of nitrogens with zero attached hydrogens (tertiary/aromatic N) is 1. The fraction of sp³-hybridized carbons (Fsp3) is 0.381. The zero-order chi connectivity index (χ0) is 23.0. The molecule has 3 heterocycles. The lowest BCUT2D eigenvalue weighted by molar-refractivity contribution is -0.118. The van der Waals surface area contributed by atoms with Crippen molar-refractivity contribution in [2.45, 2.75) is 38.0 Å². The van der Waals surface area contributed by atoms with E-state index in [4.69, 9.17) is 27.9 Å². The summed E-state index contributed by atoms with van der Waals surface area (Å²) < 4.78 is 20.1. The highest BCUT2D eigenvalue weighted by atomic mass is 35.5. The van der Waals surface area contributed by atoms with E-state index in [1.807, 2.05) is 0 Å². The molecule has 2 atom stereocenters. The molecule has 2 aliphatic heterocycles. The van der Waals surface area contributed by atoms with Crippen LogP contribution in [0.15, 0.2) is 18.2 Å². The summed E-state index contributed by atoms with van der Waals surface area (Å²) in [6.45, 7) is 0.584. The van der Waals surface area contributed by atoms with Crippen molar-refractivity contribution in [3.8, 4) is 0 Å². The third kappa shape index (κ3) is 4.25. The number of fused-ring (bicyclic) bond motifs is 1. The molecule has 0 radical (unpaired) electrons. The van der Waals surface area contributed by atoms with Crippen LogP contribution >= 0.6 is 23.2 Å². The number of aliphatic hydroxyl groups excluding tert-OH is 1. The SMILES string of the molecule is O=C(N[C@H]1COC[C@@H]1O)C(=O)c1c(Cl)c(C(=O)Nc2ccc(F)c(Cl)c2)c2n1CCCC2. The van der Waals surface area contributed by atoms with Gasteiger partial charge in [0.2, 0.25) is 0 Å². The Bertz CT molecular complexity index is 1100. The fourth-order valence-corrected chi connectivity index (χ4v) is 4.51. The van der Waals surface area contributed by atoms with E-state index in [0.29, 0.717) is 18.7 Å². The molecule has 1 fully saturated rings. The first-order valence-corrected chi connectivity index (χ1v) is 10.8. The highest BCUT2D eigenvalue weighted by Crippen LogP contribution is 2.33. The van der Waals surface area contributed by atoms with E-state index < -0.39 is 35.6 Å². The first-order valence-electron chi connectivity index (χ1n) is 10.1. The number of hydrogen-bond donors (Lipinski definition) is 3. The summed E-state index contributed by atoms with van der Waals surface area (Å²) in [5.74, 6) is -3.06. The lowest BCUT2D eigenvalue weighted by atomic mass is 10.1. The van der Waals surface area contributed by atoms with Gasteiger partial charge < -0.3 is 25.0 Å². The minimum atomic E-state index is -0.940. The number of ketones is 1. The molecule has 0 spiro atoms. The minimum Gasteiger partial charge on any atom is -0.388 e. The summed E-state index contributed by atoms with van der Waals surface area (Å²) in [7, 11) is 0. The number of nitrogens with one attached hydrogen (secondary N) is 2. The summed E-state index contributed by atoms with van der Waals surface area (Å²) in [5, 5.41) is 14.6. The van der Waals surface area contributed by atoms with E-state index >= 15 is 0 Å². The van der Waals surface area contributed by atoms with Crippen molar-refractivity contribution in [1.82, 2.24) is 9.88 Å². The summed E-state index contributed by atoms with van der Waals surface area (Å²) in [4.78, 5) is 38.6. The van der Waals surface area contributed by atoms with Gasteiger partial charge in [0, 0.05) is 17.9 Å². The van der Waals surface area contributed by atoms with Gasteiger partial charge in [-0.15, -0.1) is 0 Å². The van der Waals surface area contributed by atoms with E-state index in [0.717, 1.165) is 18.9 Å². The Labute approximate surface area is 192 Å². The molecule has 1 aromatic carbocycles. The van der Waals surface area contributed by atoms with Gasteiger partial charge in [-0.1, -0.05) is 23.2 Å². The lowest BCUT2D eigenvalue weighted by Crippen LogP contribution is -2.45. The van der Waals surface area contributed by atoms with Crippen LogP contribution in [-0.2, 0) is 22.5 Å². The summed E-state index contributed by atoms with van der Waals surface area (Å²) in [6, 6.07) is 3.03. The molecule has 4 rings (SSSR count). The molecular weight excluding hydrogens is 464 g/mol. The quantitative estimate of drug-likeness (QED) is 0.447. The van der Waals surface area contributed by atoms with Gasteiger partial charge in [-0.3, -0.25) is 14.4 Å². The van der Waals surface area contributed by atoms with Crippen LogP contribution in [0.5, 0.6) is 0 Å². The number of halogens is 3. The fourth-order valence-electron chi connectivity index (χ4n) is 3.95. The molecule has 8 nitrogen and oxygen atoms in total. The number of aliphatic hydroxyl groups is 1. The lowest BCUT2D eigenvalue weighted by Gasteiger charge is -2.19. The van der Waals surface area contributed by atoms with Gasteiger partial charge in [-0.25, -0.2) is 4.39 Å². The predicted molar refractivity (Wildman–Crippen MR) is 115 cm³/mol. The largest absolute Gasteiger partial charge is 0.388 e. The molecule has 3 N–H and O–H groups in total. The standard InChI is InChI=1S/C21H20Cl2FN3O5/c22-11-7-10(4-5-12(11)24)25-20(30)16-14-3-1-2-6-27(14)18(17(16)23)19(29)21(31)26-13-8-32-9-15(13)28/h4-5,7,13,15,28H,1-3,6,8-9H2,(H,25,30)(H,26,31)/t13-,15-/m0/s1. The van der Waals surface area contributed by atoms with E-state index in [1.54, 1.807) is 4.57 Å². The molecule has 1 saturated heterocycles. The summed E-state index contributed by atoms with van der Waals surface area (Å²) in [5.41, 5.74) is 0.822. The molecule has 0 aliphatic carbocycles. The van der Waals surface area contributed by atoms with Gasteiger partial charge in [0.05, 0.1) is 41.0 Å². The number of rotatable bonds is 5. The molecule has 0 unspecified atom stereocenters. The van der Waals surface area contributed by atoms with Crippen LogP contribution in [0.4, 0.5) is 10.1 Å². The molecule has 2 aromatic rings. The zero-order valence-electron chi connectivity index (χ0n) is 16.8. The molecule has 11 heteroatoms. The second-order valence-corrected chi connectivity index (χ2v) is 8.48. The predicted octanol–water partition coefficient (Wildman–Crippen LogP) is 2.58. The maximum atomic E-state index is 13.4. The first kappa shape index (κ1) is 22.7. The highest BCUT2D eigenvalue weighted by molar-refractivity contribution is 6.48. The number of anilines is 1. The normalized spacial score (nSPS) is 20.0. The number of aromatic nitrogens is 1. The third-order valence-electron chi connectivity index (χ3n) is 5.55. The van der Waals surface area contributed by atoms with Gasteiger partial charge in [0.15, 0.2) is 0 Å². The van der Waals surface area contributed by atoms with E-state index in [1.165, 1.54) is 12.1 Å². The molecule has 32 heavy (non-hydrogen) atoms. The Morgan fingerprint density at radius 1 is 1.19 bits per heavy atom. The molecule has 2 amide bonds. The minimum absolute atomic E-state index is 0.0676. The van der Waals surface area contributed by atoms with E-state index in [2.05, 4.69) is 10.6 Å².